The van der Waals surface area contributed by atoms with Gasteiger partial charge in [-0.3, -0.25) is 16.3 Å². The van der Waals surface area contributed by atoms with E-state index < -0.39 is 0 Å². The van der Waals surface area contributed by atoms with E-state index in [1.54, 1.807) is 11.3 Å². The minimum atomic E-state index is 0. The topological polar surface area (TPSA) is 22.8 Å². The molecule has 0 aliphatic carbocycles. The van der Waals surface area contributed by atoms with Crippen molar-refractivity contribution in [3.05, 3.63) is 126 Å². The first-order valence-corrected chi connectivity index (χ1v) is 15.1. The van der Waals surface area contributed by atoms with Gasteiger partial charge in [0.1, 0.15) is 0 Å². The molecule has 0 saturated carbocycles. The number of thiophene rings is 1. The summed E-state index contributed by atoms with van der Waals surface area (Å²) in [6.45, 7) is 9.19. The molecule has 4 aromatic carbocycles. The van der Waals surface area contributed by atoms with E-state index in [2.05, 4.69) is 152 Å². The van der Waals surface area contributed by atoms with Crippen molar-refractivity contribution in [1.29, 1.82) is 0 Å². The van der Waals surface area contributed by atoms with Gasteiger partial charge in [-0.05, 0) is 76.6 Å². The Kier molecular flexibility index (Phi) is 7.76. The Morgan fingerprint density at radius 1 is 0.714 bits per heavy atom. The standard InChI is InChI=1S/C37H32N3S.Ir/c1-24(2)29-20-27(26-12-6-5-7-13-26)21-30(25(3)4)36(29)40-34-15-9-8-14-33(34)38-37(40)32-23-41-35-17-16-28(22-31(32)35)39-18-10-11-19-39;/h5-22,24-25H,1-4H3;/q-1;. The van der Waals surface area contributed by atoms with Crippen molar-refractivity contribution in [1.82, 2.24) is 14.1 Å². The molecular weight excluding hydrogens is 711 g/mol. The molecule has 3 heterocycles. The first-order chi connectivity index (χ1) is 20.0. The molecule has 0 spiro atoms. The van der Waals surface area contributed by atoms with Crippen LogP contribution in [0.4, 0.5) is 0 Å². The van der Waals surface area contributed by atoms with E-state index in [0.29, 0.717) is 11.8 Å². The van der Waals surface area contributed by atoms with Gasteiger partial charge in [0.2, 0.25) is 0 Å². The van der Waals surface area contributed by atoms with Crippen molar-refractivity contribution in [3.8, 4) is 33.9 Å². The molecule has 0 saturated heterocycles. The average Bonchev–Trinajstić information content (AvgIpc) is 3.75. The molecule has 0 amide bonds. The Morgan fingerprint density at radius 3 is 2.07 bits per heavy atom. The molecular formula is C37H32IrN3S-. The maximum Gasteiger partial charge on any atom is 0.0774 e. The molecule has 1 radical (unpaired) electrons. The van der Waals surface area contributed by atoms with E-state index in [0.717, 1.165) is 28.1 Å². The van der Waals surface area contributed by atoms with Crippen molar-refractivity contribution < 1.29 is 20.1 Å². The predicted octanol–water partition coefficient (Wildman–Crippen LogP) is 10.4. The Bertz CT molecular complexity index is 1970. The molecule has 0 N–H and O–H groups in total. The maximum atomic E-state index is 5.29. The van der Waals surface area contributed by atoms with E-state index in [4.69, 9.17) is 4.98 Å². The van der Waals surface area contributed by atoms with Crippen LogP contribution in [0.25, 0.3) is 55.0 Å². The van der Waals surface area contributed by atoms with Gasteiger partial charge < -0.3 is 9.13 Å². The maximum absolute atomic E-state index is 5.29. The van der Waals surface area contributed by atoms with Gasteiger partial charge in [0.15, 0.2) is 0 Å². The van der Waals surface area contributed by atoms with Crippen molar-refractivity contribution in [2.75, 3.05) is 0 Å². The van der Waals surface area contributed by atoms with Crippen LogP contribution in [0.1, 0.15) is 50.7 Å². The Morgan fingerprint density at radius 2 is 1.38 bits per heavy atom. The molecule has 0 unspecified atom stereocenters. The zero-order valence-corrected chi connectivity index (χ0v) is 27.3. The Labute approximate surface area is 264 Å². The van der Waals surface area contributed by atoms with Gasteiger partial charge in [-0.2, -0.15) is 0 Å². The molecule has 5 heteroatoms. The van der Waals surface area contributed by atoms with Crippen LogP contribution in [-0.2, 0) is 20.1 Å². The fraction of sp³-hybridized carbons (Fsp3) is 0.162. The van der Waals surface area contributed by atoms with Crippen LogP contribution in [0, 0.1) is 5.38 Å². The number of benzene rings is 4. The first-order valence-electron chi connectivity index (χ1n) is 14.3. The van der Waals surface area contributed by atoms with Crippen LogP contribution < -0.4 is 0 Å². The number of imidazole rings is 1. The van der Waals surface area contributed by atoms with Crippen molar-refractivity contribution in [2.24, 2.45) is 0 Å². The summed E-state index contributed by atoms with van der Waals surface area (Å²) >= 11 is 1.66. The summed E-state index contributed by atoms with van der Waals surface area (Å²) in [6, 6.07) is 34.8. The van der Waals surface area contributed by atoms with E-state index in [1.165, 1.54) is 38.0 Å². The number of hydrogen-bond donors (Lipinski definition) is 0. The third-order valence-electron chi connectivity index (χ3n) is 7.93. The number of fused-ring (bicyclic) bond motifs is 2. The third-order valence-corrected chi connectivity index (χ3v) is 8.81. The van der Waals surface area contributed by atoms with Crippen LogP contribution in [0.3, 0.4) is 0 Å². The van der Waals surface area contributed by atoms with E-state index in [-0.39, 0.29) is 20.1 Å². The van der Waals surface area contributed by atoms with Crippen LogP contribution in [0.5, 0.6) is 0 Å². The number of para-hydroxylation sites is 2. The van der Waals surface area contributed by atoms with Gasteiger partial charge in [0.05, 0.1) is 16.9 Å². The molecule has 0 fully saturated rings. The van der Waals surface area contributed by atoms with Crippen LogP contribution in [0.15, 0.2) is 109 Å². The second-order valence-electron chi connectivity index (χ2n) is 11.3. The summed E-state index contributed by atoms with van der Waals surface area (Å²) in [5.41, 5.74) is 10.7. The van der Waals surface area contributed by atoms with Gasteiger partial charge in [0.25, 0.3) is 0 Å². The minimum absolute atomic E-state index is 0. The normalized spacial score (nSPS) is 11.6. The van der Waals surface area contributed by atoms with Crippen molar-refractivity contribution in [3.63, 3.8) is 0 Å². The number of nitrogens with zero attached hydrogens (tertiary/aromatic N) is 3. The summed E-state index contributed by atoms with van der Waals surface area (Å²) in [4.78, 5) is 5.29. The fourth-order valence-electron chi connectivity index (χ4n) is 5.83. The quantitative estimate of drug-likeness (QED) is 0.156. The van der Waals surface area contributed by atoms with E-state index in [1.807, 2.05) is 0 Å². The molecule has 42 heavy (non-hydrogen) atoms. The third kappa shape index (κ3) is 4.86. The number of hydrogen-bond acceptors (Lipinski definition) is 2. The number of aromatic nitrogens is 3. The number of rotatable bonds is 6. The summed E-state index contributed by atoms with van der Waals surface area (Å²) in [6.07, 6.45) is 4.18. The van der Waals surface area contributed by atoms with Gasteiger partial charge in [-0.25, -0.2) is 0 Å². The monoisotopic (exact) mass is 743 g/mol. The van der Waals surface area contributed by atoms with Crippen LogP contribution >= 0.6 is 11.3 Å². The smallest absolute Gasteiger partial charge is 0.0774 e. The Balaban J connectivity index is 0.00000316. The van der Waals surface area contributed by atoms with E-state index in [9.17, 15) is 0 Å². The second kappa shape index (κ2) is 11.5. The summed E-state index contributed by atoms with van der Waals surface area (Å²) in [5, 5.41) is 4.83. The second-order valence-corrected chi connectivity index (χ2v) is 12.1. The molecule has 0 bridgehead atoms. The fourth-order valence-corrected chi connectivity index (χ4v) is 6.65. The molecule has 211 valence electrons. The van der Waals surface area contributed by atoms with Crippen molar-refractivity contribution >= 4 is 32.5 Å². The SMILES string of the molecule is CC(C)c1cc(-c2ccccc2)cc(C(C)C)c1-n1c(-c2[c-]sc3ccc(-n4cccc4)cc23)nc2ccccc21.[Ir]. The molecule has 3 nitrogen and oxygen atoms in total. The summed E-state index contributed by atoms with van der Waals surface area (Å²) in [5.74, 6) is 1.59. The molecule has 3 aromatic heterocycles. The van der Waals surface area contributed by atoms with Gasteiger partial charge in [-0.1, -0.05) is 97.9 Å². The van der Waals surface area contributed by atoms with Gasteiger partial charge in [-0.15, -0.1) is 5.39 Å². The summed E-state index contributed by atoms with van der Waals surface area (Å²) in [7, 11) is 0. The predicted molar refractivity (Wildman–Crippen MR) is 174 cm³/mol. The Hall–Kier alpha value is -3.76. The minimum Gasteiger partial charge on any atom is -0.333 e. The summed E-state index contributed by atoms with van der Waals surface area (Å²) < 4.78 is 5.77. The van der Waals surface area contributed by atoms with E-state index >= 15 is 0 Å². The molecule has 0 atom stereocenters. The molecule has 7 rings (SSSR count). The zero-order valence-electron chi connectivity index (χ0n) is 24.1. The molecule has 0 aliphatic rings. The molecule has 7 aromatic rings. The average molecular weight is 743 g/mol. The van der Waals surface area contributed by atoms with Crippen LogP contribution in [0.2, 0.25) is 0 Å². The molecule has 0 aliphatic heterocycles. The first kappa shape index (κ1) is 28.4. The zero-order chi connectivity index (χ0) is 28.1. The van der Waals surface area contributed by atoms with Gasteiger partial charge >= 0.3 is 0 Å². The van der Waals surface area contributed by atoms with Crippen LogP contribution in [-0.4, -0.2) is 14.1 Å². The van der Waals surface area contributed by atoms with Gasteiger partial charge in [0, 0.05) is 43.9 Å². The largest absolute Gasteiger partial charge is 0.333 e. The van der Waals surface area contributed by atoms with Crippen molar-refractivity contribution in [2.45, 2.75) is 39.5 Å².